The average Bonchev–Trinajstić information content (AvgIpc) is 3.16. The van der Waals surface area contributed by atoms with Gasteiger partial charge in [-0.25, -0.2) is 0 Å². The van der Waals surface area contributed by atoms with Crippen LogP contribution in [0, 0.1) is 0 Å². The van der Waals surface area contributed by atoms with Gasteiger partial charge >= 0.3 is 0 Å². The quantitative estimate of drug-likeness (QED) is 0.460. The van der Waals surface area contributed by atoms with Crippen LogP contribution in [-0.4, -0.2) is 16.3 Å². The molecule has 27 heavy (non-hydrogen) atoms. The van der Waals surface area contributed by atoms with Crippen molar-refractivity contribution in [1.29, 1.82) is 0 Å². The van der Waals surface area contributed by atoms with Crippen LogP contribution in [0.4, 0.5) is 0 Å². The van der Waals surface area contributed by atoms with Gasteiger partial charge in [0.05, 0.1) is 17.8 Å². The number of hydrogen-bond donors (Lipinski definition) is 1. The highest BCUT2D eigenvalue weighted by atomic mass is 79.9. The Hall–Kier alpha value is -2.64. The fraction of sp³-hybridized carbons (Fsp3) is 0.105. The largest absolute Gasteiger partial charge is 0.467 e. The highest BCUT2D eigenvalue weighted by Crippen LogP contribution is 2.19. The Morgan fingerprint density at radius 1 is 1.19 bits per heavy atom. The second kappa shape index (κ2) is 8.37. The lowest BCUT2D eigenvalue weighted by Crippen LogP contribution is -2.41. The molecule has 138 valence electrons. The van der Waals surface area contributed by atoms with E-state index in [9.17, 15) is 14.4 Å². The van der Waals surface area contributed by atoms with Gasteiger partial charge in [-0.15, -0.1) is 0 Å². The van der Waals surface area contributed by atoms with Crippen molar-refractivity contribution in [1.82, 2.24) is 9.88 Å². The van der Waals surface area contributed by atoms with Gasteiger partial charge in [-0.2, -0.15) is 0 Å². The van der Waals surface area contributed by atoms with E-state index in [2.05, 4.69) is 21.2 Å². The van der Waals surface area contributed by atoms with Crippen molar-refractivity contribution in [2.24, 2.45) is 0 Å². The first-order valence-electron chi connectivity index (χ1n) is 7.93. The van der Waals surface area contributed by atoms with Gasteiger partial charge < -0.3 is 9.73 Å². The molecule has 1 aromatic carbocycles. The fourth-order valence-corrected chi connectivity index (χ4v) is 3.10. The lowest BCUT2D eigenvalue weighted by molar-refractivity contribution is -0.123. The molecule has 1 N–H and O–H groups in total. The van der Waals surface area contributed by atoms with Gasteiger partial charge in [-0.1, -0.05) is 39.7 Å². The van der Waals surface area contributed by atoms with E-state index in [0.29, 0.717) is 10.2 Å². The van der Waals surface area contributed by atoms with Crippen LogP contribution in [0.5, 0.6) is 0 Å². The standard InChI is InChI=1S/C19H14BrClN2O4/c20-13-4-1-3-12(9-13)18(25)17(23-11-14(21)6-7-16(23)24)19(26)22-10-15-5-2-8-27-15/h1-9,11,17H,10H2,(H,22,26). The molecule has 8 heteroatoms. The van der Waals surface area contributed by atoms with Gasteiger partial charge in [0.2, 0.25) is 0 Å². The third-order valence-corrected chi connectivity index (χ3v) is 4.52. The summed E-state index contributed by atoms with van der Waals surface area (Å²) in [7, 11) is 0. The molecule has 1 atom stereocenters. The number of pyridine rings is 1. The summed E-state index contributed by atoms with van der Waals surface area (Å²) < 4.78 is 6.89. The van der Waals surface area contributed by atoms with Crippen molar-refractivity contribution < 1.29 is 14.0 Å². The first kappa shape index (κ1) is 19.1. The molecular formula is C19H14BrClN2O4. The molecular weight excluding hydrogens is 436 g/mol. The number of benzene rings is 1. The second-order valence-corrected chi connectivity index (χ2v) is 7.02. The van der Waals surface area contributed by atoms with Crippen LogP contribution in [0.15, 0.2) is 74.7 Å². The predicted molar refractivity (Wildman–Crippen MR) is 104 cm³/mol. The third kappa shape index (κ3) is 4.56. The number of carbonyl (C=O) groups is 2. The molecule has 3 aromatic rings. The van der Waals surface area contributed by atoms with Crippen LogP contribution >= 0.6 is 27.5 Å². The summed E-state index contributed by atoms with van der Waals surface area (Å²) in [6.07, 6.45) is 2.75. The first-order valence-corrected chi connectivity index (χ1v) is 9.10. The van der Waals surface area contributed by atoms with Gasteiger partial charge in [-0.05, 0) is 30.3 Å². The van der Waals surface area contributed by atoms with Crippen molar-refractivity contribution in [2.45, 2.75) is 12.6 Å². The lowest BCUT2D eigenvalue weighted by Gasteiger charge is -2.18. The molecule has 0 fully saturated rings. The lowest BCUT2D eigenvalue weighted by atomic mass is 10.0. The number of hydrogen-bond acceptors (Lipinski definition) is 4. The summed E-state index contributed by atoms with van der Waals surface area (Å²) >= 11 is 9.28. The molecule has 2 heterocycles. The number of nitrogens with one attached hydrogen (secondary N) is 1. The molecule has 0 radical (unpaired) electrons. The van der Waals surface area contributed by atoms with Crippen LogP contribution < -0.4 is 10.9 Å². The number of amides is 1. The Morgan fingerprint density at radius 3 is 2.70 bits per heavy atom. The minimum Gasteiger partial charge on any atom is -0.467 e. The molecule has 0 bridgehead atoms. The molecule has 2 aromatic heterocycles. The molecule has 1 unspecified atom stereocenters. The number of carbonyl (C=O) groups excluding carboxylic acids is 2. The molecule has 0 aliphatic heterocycles. The third-order valence-electron chi connectivity index (χ3n) is 3.80. The highest BCUT2D eigenvalue weighted by Gasteiger charge is 2.30. The van der Waals surface area contributed by atoms with Crippen molar-refractivity contribution in [3.63, 3.8) is 0 Å². The maximum absolute atomic E-state index is 13.1. The van der Waals surface area contributed by atoms with Crippen LogP contribution in [0.3, 0.4) is 0 Å². The maximum Gasteiger partial charge on any atom is 0.251 e. The van der Waals surface area contributed by atoms with Crippen molar-refractivity contribution >= 4 is 39.2 Å². The molecule has 3 rings (SSSR count). The Bertz CT molecular complexity index is 1030. The van der Waals surface area contributed by atoms with E-state index in [4.69, 9.17) is 16.0 Å². The number of halogens is 2. The minimum absolute atomic E-state index is 0.0867. The number of ketones is 1. The zero-order valence-corrected chi connectivity index (χ0v) is 16.2. The van der Waals surface area contributed by atoms with E-state index in [-0.39, 0.29) is 17.1 Å². The van der Waals surface area contributed by atoms with E-state index < -0.39 is 23.3 Å². The average molecular weight is 450 g/mol. The molecule has 0 spiro atoms. The minimum atomic E-state index is -1.40. The Kier molecular flexibility index (Phi) is 5.93. The van der Waals surface area contributed by atoms with Crippen molar-refractivity contribution in [3.05, 3.63) is 92.2 Å². The number of nitrogens with zero attached hydrogens (tertiary/aromatic N) is 1. The second-order valence-electron chi connectivity index (χ2n) is 5.67. The smallest absolute Gasteiger partial charge is 0.251 e. The van der Waals surface area contributed by atoms with E-state index in [0.717, 1.165) is 4.57 Å². The number of Topliss-reactive ketones (excluding diaryl/α,β-unsaturated/α-hetero) is 1. The van der Waals surface area contributed by atoms with Gasteiger partial charge in [0.15, 0.2) is 11.8 Å². The highest BCUT2D eigenvalue weighted by molar-refractivity contribution is 9.10. The number of aromatic nitrogens is 1. The summed E-state index contributed by atoms with van der Waals surface area (Å²) in [4.78, 5) is 38.2. The zero-order chi connectivity index (χ0) is 19.4. The molecule has 0 aliphatic carbocycles. The van der Waals surface area contributed by atoms with Crippen LogP contribution in [0.2, 0.25) is 5.02 Å². The molecule has 1 amide bonds. The van der Waals surface area contributed by atoms with Gasteiger partial charge in [0.1, 0.15) is 5.76 Å². The van der Waals surface area contributed by atoms with Crippen LogP contribution in [0.1, 0.15) is 22.2 Å². The Morgan fingerprint density at radius 2 is 2.00 bits per heavy atom. The number of rotatable bonds is 6. The molecule has 0 aliphatic rings. The summed E-state index contributed by atoms with van der Waals surface area (Å²) in [6.45, 7) is 0.0867. The van der Waals surface area contributed by atoms with Gasteiger partial charge in [0.25, 0.3) is 11.5 Å². The van der Waals surface area contributed by atoms with Gasteiger partial charge in [-0.3, -0.25) is 19.0 Å². The summed E-state index contributed by atoms with van der Waals surface area (Å²) in [5, 5.41) is 2.86. The normalized spacial score (nSPS) is 11.8. The first-order chi connectivity index (χ1) is 13.0. The van der Waals surface area contributed by atoms with E-state index >= 15 is 0 Å². The van der Waals surface area contributed by atoms with E-state index in [1.54, 1.807) is 36.4 Å². The van der Waals surface area contributed by atoms with Gasteiger partial charge in [0, 0.05) is 22.3 Å². The zero-order valence-electron chi connectivity index (χ0n) is 13.9. The monoisotopic (exact) mass is 448 g/mol. The molecule has 0 saturated heterocycles. The predicted octanol–water partition coefficient (Wildman–Crippen LogP) is 3.60. The van der Waals surface area contributed by atoms with Crippen molar-refractivity contribution in [2.75, 3.05) is 0 Å². The van der Waals surface area contributed by atoms with Crippen LogP contribution in [0.25, 0.3) is 0 Å². The molecule has 6 nitrogen and oxygen atoms in total. The van der Waals surface area contributed by atoms with Crippen molar-refractivity contribution in [3.8, 4) is 0 Å². The summed E-state index contributed by atoms with van der Waals surface area (Å²) in [6, 6.07) is 11.2. The van der Waals surface area contributed by atoms with E-state index in [1.807, 2.05) is 0 Å². The Labute approximate surface area is 167 Å². The van der Waals surface area contributed by atoms with Crippen LogP contribution in [-0.2, 0) is 11.3 Å². The fourth-order valence-electron chi connectivity index (χ4n) is 2.53. The number of furan rings is 1. The SMILES string of the molecule is O=C(NCc1ccco1)C(C(=O)c1cccc(Br)c1)n1cc(Cl)ccc1=O. The Balaban J connectivity index is 1.97. The maximum atomic E-state index is 13.1. The summed E-state index contributed by atoms with van der Waals surface area (Å²) in [5.41, 5.74) is -0.227. The van der Waals surface area contributed by atoms with E-state index in [1.165, 1.54) is 24.6 Å². The summed E-state index contributed by atoms with van der Waals surface area (Å²) in [5.74, 6) is -0.645. The molecule has 0 saturated carbocycles. The topological polar surface area (TPSA) is 81.3 Å².